The first kappa shape index (κ1) is 22.6. The maximum Gasteiger partial charge on any atom is 0.280 e. The number of amides is 2. The Morgan fingerprint density at radius 3 is 2.49 bits per heavy atom. The summed E-state index contributed by atoms with van der Waals surface area (Å²) in [6.45, 7) is 1.29. The molecule has 0 unspecified atom stereocenters. The van der Waals surface area contributed by atoms with Gasteiger partial charge in [-0.2, -0.15) is 10.2 Å². The largest absolute Gasteiger partial charge is 0.337 e. The number of alkyl halides is 2. The second-order valence-electron chi connectivity index (χ2n) is 8.36. The van der Waals surface area contributed by atoms with Gasteiger partial charge in [-0.1, -0.05) is 30.3 Å². The van der Waals surface area contributed by atoms with Crippen LogP contribution in [-0.2, 0) is 7.05 Å². The van der Waals surface area contributed by atoms with Gasteiger partial charge in [0.2, 0.25) is 0 Å². The zero-order chi connectivity index (χ0) is 24.5. The van der Waals surface area contributed by atoms with Crippen LogP contribution in [0.15, 0.2) is 48.8 Å². The minimum absolute atomic E-state index is 0.00454. The molecule has 4 heterocycles. The van der Waals surface area contributed by atoms with Gasteiger partial charge in [-0.3, -0.25) is 14.3 Å². The van der Waals surface area contributed by atoms with Gasteiger partial charge in [0.25, 0.3) is 18.2 Å². The van der Waals surface area contributed by atoms with E-state index >= 15 is 0 Å². The summed E-state index contributed by atoms with van der Waals surface area (Å²) in [6.07, 6.45) is 2.69. The lowest BCUT2D eigenvalue weighted by molar-refractivity contribution is 0.0714. The Morgan fingerprint density at radius 2 is 1.77 bits per heavy atom. The molecule has 0 bridgehead atoms. The number of aryl methyl sites for hydroxylation is 1. The van der Waals surface area contributed by atoms with E-state index in [0.717, 1.165) is 23.8 Å². The van der Waals surface area contributed by atoms with E-state index in [0.29, 0.717) is 24.3 Å². The van der Waals surface area contributed by atoms with Crippen LogP contribution in [0.3, 0.4) is 0 Å². The van der Waals surface area contributed by atoms with Gasteiger partial charge < -0.3 is 10.2 Å². The van der Waals surface area contributed by atoms with Gasteiger partial charge in [0.1, 0.15) is 17.0 Å². The summed E-state index contributed by atoms with van der Waals surface area (Å²) in [5.74, 6) is -0.844. The van der Waals surface area contributed by atoms with E-state index in [1.165, 1.54) is 23.1 Å². The van der Waals surface area contributed by atoms with Crippen molar-refractivity contribution >= 4 is 23.1 Å². The first-order valence-corrected chi connectivity index (χ1v) is 11.3. The molecule has 5 rings (SSSR count). The minimum atomic E-state index is -2.83. The van der Waals surface area contributed by atoms with Gasteiger partial charge in [0.15, 0.2) is 5.65 Å². The van der Waals surface area contributed by atoms with Gasteiger partial charge in [0, 0.05) is 25.7 Å². The van der Waals surface area contributed by atoms with Crippen LogP contribution in [0.1, 0.15) is 52.2 Å². The van der Waals surface area contributed by atoms with Crippen molar-refractivity contribution in [1.29, 1.82) is 0 Å². The third-order valence-corrected chi connectivity index (χ3v) is 6.07. The fourth-order valence-corrected chi connectivity index (χ4v) is 4.28. The molecule has 0 spiro atoms. The highest BCUT2D eigenvalue weighted by Gasteiger charge is 2.27. The molecule has 1 aliphatic rings. The van der Waals surface area contributed by atoms with Crippen molar-refractivity contribution in [3.05, 3.63) is 65.7 Å². The Labute approximate surface area is 199 Å². The molecule has 180 valence electrons. The molecule has 9 nitrogen and oxygen atoms in total. The third-order valence-electron chi connectivity index (χ3n) is 6.07. The first-order chi connectivity index (χ1) is 16.9. The first-order valence-electron chi connectivity index (χ1n) is 11.3. The minimum Gasteiger partial charge on any atom is -0.337 e. The molecule has 1 saturated heterocycles. The smallest absolute Gasteiger partial charge is 0.280 e. The maximum atomic E-state index is 13.8. The number of anilines is 1. The van der Waals surface area contributed by atoms with Crippen LogP contribution in [0.25, 0.3) is 16.9 Å². The quantitative estimate of drug-likeness (QED) is 0.468. The van der Waals surface area contributed by atoms with E-state index in [1.54, 1.807) is 36.2 Å². The molecule has 11 heteroatoms. The maximum absolute atomic E-state index is 13.8. The van der Waals surface area contributed by atoms with Crippen LogP contribution in [0.4, 0.5) is 14.5 Å². The SMILES string of the molecule is Cn1ncc(NC(=O)c2cnn3c(C(F)F)cc(-c4ccccc4)nc23)c1C(=O)N1CCCCC1. The summed E-state index contributed by atoms with van der Waals surface area (Å²) < 4.78 is 30.0. The summed E-state index contributed by atoms with van der Waals surface area (Å²) in [5.41, 5.74) is 1.03. The van der Waals surface area contributed by atoms with E-state index in [2.05, 4.69) is 20.5 Å². The molecule has 0 atom stereocenters. The number of rotatable bonds is 5. The molecule has 0 aliphatic carbocycles. The average molecular weight is 479 g/mol. The number of aromatic nitrogens is 5. The Hall–Kier alpha value is -4.15. The van der Waals surface area contributed by atoms with Crippen molar-refractivity contribution < 1.29 is 18.4 Å². The summed E-state index contributed by atoms with van der Waals surface area (Å²) in [6, 6.07) is 10.1. The Bertz CT molecular complexity index is 1390. The Balaban J connectivity index is 1.51. The number of carbonyl (C=O) groups excluding carboxylic acids is 2. The highest BCUT2D eigenvalue weighted by atomic mass is 19.3. The lowest BCUT2D eigenvalue weighted by Crippen LogP contribution is -2.37. The Morgan fingerprint density at radius 1 is 1.03 bits per heavy atom. The summed E-state index contributed by atoms with van der Waals surface area (Å²) in [7, 11) is 1.63. The van der Waals surface area contributed by atoms with Crippen LogP contribution in [0, 0.1) is 0 Å². The van der Waals surface area contributed by atoms with Gasteiger partial charge in [0.05, 0.1) is 23.8 Å². The lowest BCUT2D eigenvalue weighted by atomic mass is 10.1. The van der Waals surface area contributed by atoms with Gasteiger partial charge in [-0.25, -0.2) is 18.3 Å². The van der Waals surface area contributed by atoms with Gasteiger partial charge in [-0.15, -0.1) is 0 Å². The summed E-state index contributed by atoms with van der Waals surface area (Å²) in [5, 5.41) is 10.8. The number of halogens is 2. The van der Waals surface area contributed by atoms with E-state index in [1.807, 2.05) is 6.07 Å². The van der Waals surface area contributed by atoms with Crippen molar-refractivity contribution in [2.45, 2.75) is 25.7 Å². The lowest BCUT2D eigenvalue weighted by Gasteiger charge is -2.27. The number of benzene rings is 1. The molecule has 0 saturated carbocycles. The Kier molecular flexibility index (Phi) is 5.98. The predicted molar refractivity (Wildman–Crippen MR) is 124 cm³/mol. The van der Waals surface area contributed by atoms with Crippen molar-refractivity contribution in [2.24, 2.45) is 7.05 Å². The van der Waals surface area contributed by atoms with E-state index in [9.17, 15) is 18.4 Å². The molecule has 1 fully saturated rings. The molecule has 3 aromatic heterocycles. The number of hydrogen-bond donors (Lipinski definition) is 1. The monoisotopic (exact) mass is 479 g/mol. The van der Waals surface area contributed by atoms with Crippen molar-refractivity contribution in [3.63, 3.8) is 0 Å². The number of fused-ring (bicyclic) bond motifs is 1. The van der Waals surface area contributed by atoms with Crippen molar-refractivity contribution in [3.8, 4) is 11.3 Å². The van der Waals surface area contributed by atoms with Crippen LogP contribution < -0.4 is 5.32 Å². The van der Waals surface area contributed by atoms with Crippen LogP contribution in [-0.4, -0.2) is 54.2 Å². The molecule has 0 radical (unpaired) electrons. The topological polar surface area (TPSA) is 97.4 Å². The average Bonchev–Trinajstić information content (AvgIpc) is 3.47. The van der Waals surface area contributed by atoms with Crippen LogP contribution >= 0.6 is 0 Å². The van der Waals surface area contributed by atoms with E-state index in [-0.39, 0.29) is 34.2 Å². The number of nitrogens with one attached hydrogen (secondary N) is 1. The number of carbonyl (C=O) groups is 2. The molecule has 35 heavy (non-hydrogen) atoms. The van der Waals surface area contributed by atoms with Crippen LogP contribution in [0.5, 0.6) is 0 Å². The molecule has 2 amide bonds. The van der Waals surface area contributed by atoms with E-state index < -0.39 is 12.3 Å². The number of piperidine rings is 1. The molecule has 4 aromatic rings. The summed E-state index contributed by atoms with van der Waals surface area (Å²) >= 11 is 0. The zero-order valence-corrected chi connectivity index (χ0v) is 19.0. The van der Waals surface area contributed by atoms with Gasteiger partial charge >= 0.3 is 0 Å². The van der Waals surface area contributed by atoms with Crippen molar-refractivity contribution in [2.75, 3.05) is 18.4 Å². The second-order valence-corrected chi connectivity index (χ2v) is 8.36. The van der Waals surface area contributed by atoms with Gasteiger partial charge in [-0.05, 0) is 25.3 Å². The standard InChI is InChI=1S/C24H23F2N7O2/c1-31-20(24(35)32-10-6-3-7-11-32)18(14-27-31)30-23(34)16-13-28-33-19(21(25)26)12-17(29-22(16)33)15-8-4-2-5-9-15/h2,4-5,8-9,12-14,21H,3,6-7,10-11H2,1H3,(H,30,34). The normalized spacial score (nSPS) is 14.0. The molecule has 1 aromatic carbocycles. The van der Waals surface area contributed by atoms with Crippen LogP contribution in [0.2, 0.25) is 0 Å². The van der Waals surface area contributed by atoms with E-state index in [4.69, 9.17) is 0 Å². The number of hydrogen-bond acceptors (Lipinski definition) is 5. The zero-order valence-electron chi connectivity index (χ0n) is 19.0. The molecule has 1 N–H and O–H groups in total. The molecule has 1 aliphatic heterocycles. The molecular formula is C24H23F2N7O2. The fourth-order valence-electron chi connectivity index (χ4n) is 4.28. The fraction of sp³-hybridized carbons (Fsp3) is 0.292. The third kappa shape index (κ3) is 4.25. The highest BCUT2D eigenvalue weighted by molar-refractivity contribution is 6.11. The second kappa shape index (κ2) is 9.24. The number of likely N-dealkylation sites (tertiary alicyclic amines) is 1. The molecular weight excluding hydrogens is 456 g/mol. The number of nitrogens with zero attached hydrogens (tertiary/aromatic N) is 6. The van der Waals surface area contributed by atoms with Crippen molar-refractivity contribution in [1.82, 2.24) is 29.3 Å². The summed E-state index contributed by atoms with van der Waals surface area (Å²) in [4.78, 5) is 32.5. The predicted octanol–water partition coefficient (Wildman–Crippen LogP) is 3.95. The highest BCUT2D eigenvalue weighted by Crippen LogP contribution is 2.27.